The molecule has 0 N–H and O–H groups in total. The first kappa shape index (κ1) is 19.1. The summed E-state index contributed by atoms with van der Waals surface area (Å²) in [5.74, 6) is -0.179. The van der Waals surface area contributed by atoms with E-state index in [0.717, 1.165) is 12.1 Å². The minimum atomic E-state index is -3.72. The molecule has 0 aliphatic carbocycles. The number of thioether (sulfide) groups is 1. The van der Waals surface area contributed by atoms with Gasteiger partial charge in [-0.2, -0.15) is 16.1 Å². The minimum absolute atomic E-state index is 0.114. The Balaban J connectivity index is 1.83. The van der Waals surface area contributed by atoms with Crippen LogP contribution in [-0.2, 0) is 10.0 Å². The number of sulfonamides is 1. The van der Waals surface area contributed by atoms with E-state index in [9.17, 15) is 17.2 Å². The van der Waals surface area contributed by atoms with Crippen molar-refractivity contribution in [3.8, 4) is 5.75 Å². The summed E-state index contributed by atoms with van der Waals surface area (Å²) in [5, 5.41) is -0.288. The van der Waals surface area contributed by atoms with Gasteiger partial charge in [-0.1, -0.05) is 12.1 Å². The van der Waals surface area contributed by atoms with Crippen molar-refractivity contribution in [1.29, 1.82) is 0 Å². The molecule has 0 saturated carbocycles. The maximum absolute atomic E-state index is 14.1. The quantitative estimate of drug-likeness (QED) is 0.784. The van der Waals surface area contributed by atoms with Gasteiger partial charge in [0.1, 0.15) is 22.3 Å². The summed E-state index contributed by atoms with van der Waals surface area (Å²) < 4.78 is 60.1. The molecule has 0 bridgehead atoms. The van der Waals surface area contributed by atoms with Gasteiger partial charge < -0.3 is 4.74 Å². The van der Waals surface area contributed by atoms with Crippen LogP contribution in [0.15, 0.2) is 47.4 Å². The molecule has 1 aliphatic rings. The molecule has 3 rings (SSSR count). The van der Waals surface area contributed by atoms with Gasteiger partial charge in [-0.3, -0.25) is 0 Å². The first-order chi connectivity index (χ1) is 12.4. The predicted octanol–water partition coefficient (Wildman–Crippen LogP) is 3.84. The molecule has 8 heteroatoms. The maximum Gasteiger partial charge on any atom is 0.246 e. The number of nitrogens with zero attached hydrogens (tertiary/aromatic N) is 1. The fourth-order valence-electron chi connectivity index (χ4n) is 2.97. The second kappa shape index (κ2) is 7.94. The van der Waals surface area contributed by atoms with E-state index < -0.39 is 21.7 Å². The largest absolute Gasteiger partial charge is 0.495 e. The fourth-order valence-corrected chi connectivity index (χ4v) is 5.94. The van der Waals surface area contributed by atoms with Crippen LogP contribution < -0.4 is 4.74 Å². The third-order valence-electron chi connectivity index (χ3n) is 4.29. The average molecular weight is 399 g/mol. The van der Waals surface area contributed by atoms with Crippen LogP contribution in [0, 0.1) is 11.6 Å². The van der Waals surface area contributed by atoms with E-state index in [-0.39, 0.29) is 28.0 Å². The summed E-state index contributed by atoms with van der Waals surface area (Å²) >= 11 is 1.44. The number of benzene rings is 2. The monoisotopic (exact) mass is 399 g/mol. The van der Waals surface area contributed by atoms with E-state index in [1.807, 2.05) is 0 Å². The van der Waals surface area contributed by atoms with Crippen LogP contribution in [0.3, 0.4) is 0 Å². The number of rotatable bonds is 4. The summed E-state index contributed by atoms with van der Waals surface area (Å²) in [6, 6.07) is 9.85. The lowest BCUT2D eigenvalue weighted by molar-refractivity contribution is 0.392. The molecule has 2 aromatic carbocycles. The smallest absolute Gasteiger partial charge is 0.246 e. The third kappa shape index (κ3) is 3.87. The highest BCUT2D eigenvalue weighted by molar-refractivity contribution is 7.99. The molecule has 2 aromatic rings. The molecule has 0 amide bonds. The van der Waals surface area contributed by atoms with Crippen LogP contribution in [-0.4, -0.2) is 38.7 Å². The van der Waals surface area contributed by atoms with Crippen LogP contribution in [0.5, 0.6) is 5.75 Å². The lowest BCUT2D eigenvalue weighted by Crippen LogP contribution is -2.33. The van der Waals surface area contributed by atoms with Gasteiger partial charge >= 0.3 is 0 Å². The Hall–Kier alpha value is -1.64. The number of halogens is 2. The van der Waals surface area contributed by atoms with Gasteiger partial charge in [0.2, 0.25) is 10.0 Å². The van der Waals surface area contributed by atoms with Crippen molar-refractivity contribution in [3.05, 3.63) is 59.7 Å². The van der Waals surface area contributed by atoms with Gasteiger partial charge in [0.05, 0.1) is 7.11 Å². The molecule has 0 aromatic heterocycles. The third-order valence-corrected chi connectivity index (χ3v) is 7.54. The van der Waals surface area contributed by atoms with Crippen LogP contribution in [0.2, 0.25) is 0 Å². The van der Waals surface area contributed by atoms with Crippen molar-refractivity contribution < 1.29 is 21.9 Å². The molecule has 0 unspecified atom stereocenters. The zero-order valence-electron chi connectivity index (χ0n) is 14.2. The standard InChI is InChI=1S/C18H19F2NO3S2/c1-24-16-4-2-3-5-18(16)26(22,23)21-9-8-17(25-11-10-21)14-12-13(19)6-7-15(14)20/h2-7,12,17H,8-11H2,1H3/t17-/m1/s1. The van der Waals surface area contributed by atoms with Crippen LogP contribution in [0.4, 0.5) is 8.78 Å². The van der Waals surface area contributed by atoms with E-state index in [4.69, 9.17) is 4.74 Å². The zero-order valence-corrected chi connectivity index (χ0v) is 15.8. The Labute approximate surface area is 156 Å². The number of ether oxygens (including phenoxy) is 1. The Morgan fingerprint density at radius 2 is 1.92 bits per heavy atom. The number of methoxy groups -OCH3 is 1. The van der Waals surface area contributed by atoms with Gasteiger partial charge in [-0.25, -0.2) is 17.2 Å². The van der Waals surface area contributed by atoms with Crippen molar-refractivity contribution in [2.24, 2.45) is 0 Å². The summed E-state index contributed by atoms with van der Waals surface area (Å²) in [7, 11) is -2.30. The average Bonchev–Trinajstić information content (AvgIpc) is 2.90. The van der Waals surface area contributed by atoms with Crippen molar-refractivity contribution in [1.82, 2.24) is 4.31 Å². The normalized spacial score (nSPS) is 19.1. The van der Waals surface area contributed by atoms with Crippen molar-refractivity contribution >= 4 is 21.8 Å². The van der Waals surface area contributed by atoms with Gasteiger partial charge in [-0.05, 0) is 36.8 Å². The van der Waals surface area contributed by atoms with Crippen molar-refractivity contribution in [2.75, 3.05) is 26.0 Å². The van der Waals surface area contributed by atoms with E-state index in [2.05, 4.69) is 0 Å². The Kier molecular flexibility index (Phi) is 5.84. The summed E-state index contributed by atoms with van der Waals surface area (Å²) in [5.41, 5.74) is 0.284. The molecule has 1 saturated heterocycles. The Morgan fingerprint density at radius 1 is 1.15 bits per heavy atom. The minimum Gasteiger partial charge on any atom is -0.495 e. The molecule has 1 aliphatic heterocycles. The molecular formula is C18H19F2NO3S2. The lowest BCUT2D eigenvalue weighted by Gasteiger charge is -2.21. The maximum atomic E-state index is 14.1. The van der Waals surface area contributed by atoms with Gasteiger partial charge in [0, 0.05) is 29.7 Å². The molecule has 0 spiro atoms. The van der Waals surface area contributed by atoms with E-state index in [1.54, 1.807) is 18.2 Å². The van der Waals surface area contributed by atoms with E-state index >= 15 is 0 Å². The molecule has 140 valence electrons. The molecule has 1 fully saturated rings. The zero-order chi connectivity index (χ0) is 18.7. The lowest BCUT2D eigenvalue weighted by atomic mass is 10.1. The highest BCUT2D eigenvalue weighted by Gasteiger charge is 2.31. The molecule has 4 nitrogen and oxygen atoms in total. The fraction of sp³-hybridized carbons (Fsp3) is 0.333. The van der Waals surface area contributed by atoms with Gasteiger partial charge in [0.25, 0.3) is 0 Å². The SMILES string of the molecule is COc1ccccc1S(=O)(=O)N1CCS[C@@H](c2cc(F)ccc2F)CC1. The summed E-state index contributed by atoms with van der Waals surface area (Å²) in [6.45, 7) is 0.534. The molecular weight excluding hydrogens is 380 g/mol. The topological polar surface area (TPSA) is 46.6 Å². The Bertz CT molecular complexity index is 890. The number of hydrogen-bond donors (Lipinski definition) is 0. The highest BCUT2D eigenvalue weighted by atomic mass is 32.2. The number of hydrogen-bond acceptors (Lipinski definition) is 4. The first-order valence-corrected chi connectivity index (χ1v) is 10.6. The molecule has 0 radical (unpaired) electrons. The molecule has 1 heterocycles. The predicted molar refractivity (Wildman–Crippen MR) is 97.9 cm³/mol. The summed E-state index contributed by atoms with van der Waals surface area (Å²) in [4.78, 5) is 0.114. The van der Waals surface area contributed by atoms with E-state index in [0.29, 0.717) is 18.7 Å². The molecule has 26 heavy (non-hydrogen) atoms. The Morgan fingerprint density at radius 3 is 2.69 bits per heavy atom. The van der Waals surface area contributed by atoms with Crippen molar-refractivity contribution in [2.45, 2.75) is 16.6 Å². The second-order valence-corrected chi connectivity index (χ2v) is 9.09. The van der Waals surface area contributed by atoms with Crippen LogP contribution >= 0.6 is 11.8 Å². The van der Waals surface area contributed by atoms with Crippen LogP contribution in [0.1, 0.15) is 17.2 Å². The highest BCUT2D eigenvalue weighted by Crippen LogP contribution is 2.37. The van der Waals surface area contributed by atoms with Gasteiger partial charge in [0.15, 0.2) is 0 Å². The summed E-state index contributed by atoms with van der Waals surface area (Å²) in [6.07, 6.45) is 0.402. The first-order valence-electron chi connectivity index (χ1n) is 8.13. The molecule has 1 atom stereocenters. The van der Waals surface area contributed by atoms with Crippen molar-refractivity contribution in [3.63, 3.8) is 0 Å². The van der Waals surface area contributed by atoms with E-state index in [1.165, 1.54) is 35.3 Å². The van der Waals surface area contributed by atoms with Crippen LogP contribution in [0.25, 0.3) is 0 Å². The van der Waals surface area contributed by atoms with Gasteiger partial charge in [-0.15, -0.1) is 0 Å². The second-order valence-electron chi connectivity index (χ2n) is 5.87. The number of para-hydroxylation sites is 1.